The van der Waals surface area contributed by atoms with Crippen molar-refractivity contribution in [3.05, 3.63) is 275 Å². The average Bonchev–Trinajstić information content (AvgIpc) is 3.52. The van der Waals surface area contributed by atoms with Crippen molar-refractivity contribution in [2.24, 2.45) is 17.8 Å². The van der Waals surface area contributed by atoms with Crippen LogP contribution >= 0.6 is 0 Å². The van der Waals surface area contributed by atoms with Gasteiger partial charge < -0.3 is 0 Å². The van der Waals surface area contributed by atoms with Gasteiger partial charge in [0.1, 0.15) is 0 Å². The monoisotopic (exact) mass is 846 g/mol. The third-order valence-corrected chi connectivity index (χ3v) is 16.4. The Bertz CT molecular complexity index is 3320. The largest absolute Gasteiger partial charge is 0.0876 e. The molecule has 5 aliphatic carbocycles. The van der Waals surface area contributed by atoms with E-state index in [0.29, 0.717) is 35.5 Å². The summed E-state index contributed by atoms with van der Waals surface area (Å²) in [6.45, 7) is 0. The lowest BCUT2D eigenvalue weighted by atomic mass is 9.63. The minimum atomic E-state index is -0.427. The molecule has 8 aromatic rings. The summed E-state index contributed by atoms with van der Waals surface area (Å²) in [5.41, 5.74) is 13.6. The Hall–Kier alpha value is -7.02. The molecule has 8 aromatic carbocycles. The van der Waals surface area contributed by atoms with Gasteiger partial charge in [-0.1, -0.05) is 230 Å². The van der Waals surface area contributed by atoms with Gasteiger partial charge in [-0.25, -0.2) is 0 Å². The van der Waals surface area contributed by atoms with Gasteiger partial charge in [0.2, 0.25) is 0 Å². The van der Waals surface area contributed by atoms with Gasteiger partial charge in [-0.15, -0.1) is 0 Å². The first-order chi connectivity index (χ1) is 32.7. The zero-order chi connectivity index (χ0) is 43.6. The highest BCUT2D eigenvalue weighted by atomic mass is 14.5. The maximum atomic E-state index is 2.55. The molecule has 0 spiro atoms. The van der Waals surface area contributed by atoms with Crippen LogP contribution in [0.15, 0.2) is 242 Å². The van der Waals surface area contributed by atoms with Gasteiger partial charge in [0.25, 0.3) is 0 Å². The first-order valence-corrected chi connectivity index (χ1v) is 24.5. The summed E-state index contributed by atoms with van der Waals surface area (Å²) in [7, 11) is 0. The molecular weight excluding hydrogens is 793 g/mol. The summed E-state index contributed by atoms with van der Waals surface area (Å²) >= 11 is 0. The van der Waals surface area contributed by atoms with Crippen LogP contribution in [0.1, 0.15) is 83.2 Å². The van der Waals surface area contributed by atoms with E-state index in [4.69, 9.17) is 0 Å². The summed E-state index contributed by atoms with van der Waals surface area (Å²) in [6.07, 6.45) is 30.1. The fraction of sp³-hybridized carbons (Fsp3) is 0.182. The summed E-state index contributed by atoms with van der Waals surface area (Å²) in [5.74, 6) is 2.65. The molecule has 0 N–H and O–H groups in total. The molecule has 66 heavy (non-hydrogen) atoms. The molecule has 0 bridgehead atoms. The highest BCUT2D eigenvalue weighted by molar-refractivity contribution is 6.25. The van der Waals surface area contributed by atoms with E-state index >= 15 is 0 Å². The van der Waals surface area contributed by atoms with Crippen LogP contribution in [0.5, 0.6) is 0 Å². The van der Waals surface area contributed by atoms with Crippen LogP contribution < -0.4 is 0 Å². The van der Waals surface area contributed by atoms with Gasteiger partial charge in [0.05, 0.1) is 5.41 Å². The summed E-state index contributed by atoms with van der Waals surface area (Å²) < 4.78 is 0. The lowest BCUT2D eigenvalue weighted by Crippen LogP contribution is -2.31. The van der Waals surface area contributed by atoms with Crippen LogP contribution in [0.3, 0.4) is 0 Å². The molecule has 13 rings (SSSR count). The molecule has 0 aliphatic heterocycles. The van der Waals surface area contributed by atoms with E-state index < -0.39 is 5.41 Å². The molecule has 0 amide bonds. The second-order valence-electron chi connectivity index (χ2n) is 19.7. The molecule has 0 nitrogen and oxygen atoms in total. The number of hydrogen-bond donors (Lipinski definition) is 0. The minimum Gasteiger partial charge on any atom is -0.0876 e. The summed E-state index contributed by atoms with van der Waals surface area (Å²) in [4.78, 5) is 0. The van der Waals surface area contributed by atoms with Gasteiger partial charge >= 0.3 is 0 Å². The zero-order valence-electron chi connectivity index (χ0n) is 37.4. The van der Waals surface area contributed by atoms with Gasteiger partial charge in [0.15, 0.2) is 0 Å². The number of hydrogen-bond acceptors (Lipinski definition) is 0. The summed E-state index contributed by atoms with van der Waals surface area (Å²) in [5, 5.41) is 7.86. The Morgan fingerprint density at radius 1 is 0.455 bits per heavy atom. The van der Waals surface area contributed by atoms with E-state index in [9.17, 15) is 0 Å². The lowest BCUT2D eigenvalue weighted by Gasteiger charge is -2.39. The fourth-order valence-electron chi connectivity index (χ4n) is 13.2. The molecule has 0 heterocycles. The maximum absolute atomic E-state index is 2.55. The Balaban J connectivity index is 0.933. The standard InChI is InChI=1S/C66H54/c1-3-15-44(16-4-1)49-27-28-50(42-52(41-49)45-17-5-2-6-18-45)46-29-35-53(36-30-46)66(63-26-14-13-25-61(63)65-55-20-8-7-19-48(55)34-40-64(65)66)54-37-31-47(32-38-54)51-33-39-60-58-23-10-9-21-56(58)57-22-11-12-24-59(57)62(60)43-51/h1-6,8-17,20-40,43,45,49-50,52,55,65H,7,18-19,41-42H2. The van der Waals surface area contributed by atoms with Crippen molar-refractivity contribution in [2.45, 2.75) is 55.3 Å². The van der Waals surface area contributed by atoms with E-state index in [1.54, 1.807) is 5.57 Å². The van der Waals surface area contributed by atoms with Crippen LogP contribution in [0, 0.1) is 17.8 Å². The smallest absolute Gasteiger partial charge is 0.0673 e. The van der Waals surface area contributed by atoms with Gasteiger partial charge in [-0.3, -0.25) is 0 Å². The first kappa shape index (κ1) is 39.4. The summed E-state index contributed by atoms with van der Waals surface area (Å²) in [6, 6.07) is 65.2. The van der Waals surface area contributed by atoms with Crippen molar-refractivity contribution in [3.8, 4) is 11.1 Å². The van der Waals surface area contributed by atoms with Crippen molar-refractivity contribution >= 4 is 32.3 Å². The number of rotatable bonds is 6. The topological polar surface area (TPSA) is 0 Å². The molecule has 0 fully saturated rings. The third-order valence-electron chi connectivity index (χ3n) is 16.4. The van der Waals surface area contributed by atoms with E-state index in [0.717, 1.165) is 25.7 Å². The van der Waals surface area contributed by atoms with Crippen molar-refractivity contribution < 1.29 is 0 Å². The number of fused-ring (bicyclic) bond motifs is 11. The Morgan fingerprint density at radius 2 is 1.06 bits per heavy atom. The molecule has 5 aliphatic rings. The molecule has 0 aromatic heterocycles. The van der Waals surface area contributed by atoms with E-state index in [1.807, 2.05) is 0 Å². The van der Waals surface area contributed by atoms with Crippen molar-refractivity contribution in [2.75, 3.05) is 0 Å². The Kier molecular flexibility index (Phi) is 9.63. The van der Waals surface area contributed by atoms with Gasteiger partial charge in [-0.05, 0) is 132 Å². The van der Waals surface area contributed by atoms with Crippen molar-refractivity contribution in [1.82, 2.24) is 0 Å². The zero-order valence-corrected chi connectivity index (χ0v) is 37.4. The highest BCUT2D eigenvalue weighted by Crippen LogP contribution is 2.62. The second-order valence-corrected chi connectivity index (χ2v) is 19.7. The van der Waals surface area contributed by atoms with Crippen molar-refractivity contribution in [3.63, 3.8) is 0 Å². The minimum absolute atomic E-state index is 0.304. The van der Waals surface area contributed by atoms with E-state index in [2.05, 4.69) is 231 Å². The highest BCUT2D eigenvalue weighted by Gasteiger charge is 2.53. The van der Waals surface area contributed by atoms with Crippen LogP contribution in [0.4, 0.5) is 0 Å². The van der Waals surface area contributed by atoms with Gasteiger partial charge in [-0.2, -0.15) is 0 Å². The third kappa shape index (κ3) is 6.33. The van der Waals surface area contributed by atoms with Gasteiger partial charge in [0, 0.05) is 23.7 Å². The molecule has 7 unspecified atom stereocenters. The molecule has 0 radical (unpaired) electrons. The van der Waals surface area contributed by atoms with Crippen molar-refractivity contribution in [1.29, 1.82) is 0 Å². The molecule has 318 valence electrons. The molecule has 7 atom stereocenters. The molecular formula is C66H54. The van der Waals surface area contributed by atoms with E-state index in [1.165, 1.54) is 88.8 Å². The SMILES string of the molecule is C1=CCC(C2CC(c3ccccc3)C=CC(c3ccc(C4(c5ccc(-c6ccc7c8ccccc8c8ccccc8c7c6)cc5)C5=CC=C6CCC=CC6C5c5ccccc54)cc3)C2)C=C1. The maximum Gasteiger partial charge on any atom is 0.0673 e. The predicted molar refractivity (Wildman–Crippen MR) is 278 cm³/mol. The lowest BCUT2D eigenvalue weighted by molar-refractivity contribution is 0.331. The Morgan fingerprint density at radius 3 is 1.76 bits per heavy atom. The van der Waals surface area contributed by atoms with Crippen LogP contribution in [0.2, 0.25) is 0 Å². The average molecular weight is 847 g/mol. The Labute approximate surface area is 389 Å². The molecule has 0 heteroatoms. The quantitative estimate of drug-likeness (QED) is 0.116. The van der Waals surface area contributed by atoms with Crippen LogP contribution in [-0.2, 0) is 5.41 Å². The fourth-order valence-corrected chi connectivity index (χ4v) is 13.2. The molecule has 0 saturated carbocycles. The van der Waals surface area contributed by atoms with Crippen LogP contribution in [-0.4, -0.2) is 0 Å². The first-order valence-electron chi connectivity index (χ1n) is 24.5. The number of allylic oxidation sites excluding steroid dienone is 12. The number of benzene rings is 8. The second kappa shape index (κ2) is 16.1. The normalized spacial score (nSPS) is 25.3. The predicted octanol–water partition coefficient (Wildman–Crippen LogP) is 17.0. The van der Waals surface area contributed by atoms with E-state index in [-0.39, 0.29) is 0 Å². The van der Waals surface area contributed by atoms with Crippen LogP contribution in [0.25, 0.3) is 43.4 Å². The molecule has 0 saturated heterocycles.